The summed E-state index contributed by atoms with van der Waals surface area (Å²) in [5.41, 5.74) is 2.22. The highest BCUT2D eigenvalue weighted by Gasteiger charge is 2.30. The van der Waals surface area contributed by atoms with Crippen molar-refractivity contribution in [3.05, 3.63) is 57.8 Å². The Morgan fingerprint density at radius 1 is 1.29 bits per heavy atom. The van der Waals surface area contributed by atoms with Crippen molar-refractivity contribution in [1.82, 2.24) is 10.2 Å². The third kappa shape index (κ3) is 3.51. The zero-order valence-corrected chi connectivity index (χ0v) is 14.8. The summed E-state index contributed by atoms with van der Waals surface area (Å²) in [6.07, 6.45) is 1.20. The summed E-state index contributed by atoms with van der Waals surface area (Å²) in [5.74, 6) is -0.0366. The van der Waals surface area contributed by atoms with E-state index in [2.05, 4.69) is 23.7 Å². The first-order valence-corrected chi connectivity index (χ1v) is 9.12. The lowest BCUT2D eigenvalue weighted by atomic mass is 9.98. The van der Waals surface area contributed by atoms with Gasteiger partial charge in [0.1, 0.15) is 0 Å². The van der Waals surface area contributed by atoms with Gasteiger partial charge >= 0.3 is 0 Å². The summed E-state index contributed by atoms with van der Waals surface area (Å²) in [4.78, 5) is 27.7. The number of benzene rings is 1. The van der Waals surface area contributed by atoms with E-state index in [0.717, 1.165) is 18.5 Å². The van der Waals surface area contributed by atoms with Gasteiger partial charge in [0.25, 0.3) is 0 Å². The number of thiophene rings is 1. The molecule has 0 fully saturated rings. The Balaban J connectivity index is 1.75. The molecule has 2 aromatic rings. The second-order valence-electron chi connectivity index (χ2n) is 6.18. The molecule has 0 bridgehead atoms. The van der Waals surface area contributed by atoms with Crippen LogP contribution in [-0.4, -0.2) is 23.3 Å². The van der Waals surface area contributed by atoms with Gasteiger partial charge in [-0.25, -0.2) is 0 Å². The largest absolute Gasteiger partial charge is 0.349 e. The van der Waals surface area contributed by atoms with E-state index in [0.29, 0.717) is 0 Å². The first kappa shape index (κ1) is 16.7. The third-order valence-electron chi connectivity index (χ3n) is 4.56. The van der Waals surface area contributed by atoms with Crippen LogP contribution in [0.4, 0.5) is 0 Å². The summed E-state index contributed by atoms with van der Waals surface area (Å²) < 4.78 is 0. The first-order valence-electron chi connectivity index (χ1n) is 8.24. The van der Waals surface area contributed by atoms with Crippen molar-refractivity contribution in [1.29, 1.82) is 0 Å². The maximum absolute atomic E-state index is 12.9. The molecule has 0 unspecified atom stereocenters. The van der Waals surface area contributed by atoms with Crippen LogP contribution in [0.5, 0.6) is 0 Å². The van der Waals surface area contributed by atoms with Crippen LogP contribution < -0.4 is 5.32 Å². The highest BCUT2D eigenvalue weighted by Crippen LogP contribution is 2.33. The van der Waals surface area contributed by atoms with E-state index in [4.69, 9.17) is 0 Å². The Bertz CT molecular complexity index is 726. The van der Waals surface area contributed by atoms with Gasteiger partial charge in [-0.2, -0.15) is 0 Å². The average Bonchev–Trinajstić information content (AvgIpc) is 3.04. The number of nitrogens with zero attached hydrogens (tertiary/aromatic N) is 1. The number of carbonyl (C=O) groups excluding carboxylic acids is 2. The molecular weight excluding hydrogens is 320 g/mol. The monoisotopic (exact) mass is 342 g/mol. The Labute approximate surface area is 146 Å². The van der Waals surface area contributed by atoms with Gasteiger partial charge in [0.15, 0.2) is 0 Å². The number of nitrogens with one attached hydrogen (secondary N) is 1. The second-order valence-corrected chi connectivity index (χ2v) is 7.18. The number of carbonyl (C=O) groups is 2. The van der Waals surface area contributed by atoms with Crippen molar-refractivity contribution in [2.24, 2.45) is 0 Å². The van der Waals surface area contributed by atoms with Crippen molar-refractivity contribution < 1.29 is 9.59 Å². The van der Waals surface area contributed by atoms with E-state index in [1.807, 2.05) is 35.2 Å². The van der Waals surface area contributed by atoms with Crippen molar-refractivity contribution >= 4 is 23.2 Å². The number of hydrogen-bond acceptors (Lipinski definition) is 3. The molecule has 4 nitrogen and oxygen atoms in total. The molecule has 1 aliphatic rings. The van der Waals surface area contributed by atoms with Gasteiger partial charge in [0.2, 0.25) is 11.8 Å². The van der Waals surface area contributed by atoms with Gasteiger partial charge in [0, 0.05) is 18.3 Å². The van der Waals surface area contributed by atoms with Crippen molar-refractivity contribution in [3.8, 4) is 0 Å². The Hall–Kier alpha value is -2.14. The minimum Gasteiger partial charge on any atom is -0.349 e. The molecule has 0 saturated heterocycles. The zero-order valence-electron chi connectivity index (χ0n) is 14.0. The number of rotatable bonds is 4. The Kier molecular flexibility index (Phi) is 5.00. The first-order chi connectivity index (χ1) is 11.6. The number of fused-ring (bicyclic) bond motifs is 1. The number of amides is 2. The van der Waals surface area contributed by atoms with Crippen LogP contribution in [0.1, 0.15) is 48.4 Å². The van der Waals surface area contributed by atoms with Crippen LogP contribution in [0, 0.1) is 0 Å². The molecule has 2 heterocycles. The molecular formula is C19H22N2O2S. The van der Waals surface area contributed by atoms with Crippen molar-refractivity contribution in [2.75, 3.05) is 6.54 Å². The number of hydrogen-bond donors (Lipinski definition) is 1. The molecule has 0 spiro atoms. The van der Waals surface area contributed by atoms with Gasteiger partial charge < -0.3 is 10.2 Å². The fourth-order valence-electron chi connectivity index (χ4n) is 3.32. The van der Waals surface area contributed by atoms with Crippen molar-refractivity contribution in [3.63, 3.8) is 0 Å². The molecule has 0 saturated carbocycles. The fraction of sp³-hybridized carbons (Fsp3) is 0.368. The van der Waals surface area contributed by atoms with Gasteiger partial charge in [0.05, 0.1) is 18.5 Å². The lowest BCUT2D eigenvalue weighted by molar-refractivity contribution is -0.134. The SMILES string of the molecule is CC(=O)N[C@@H](CC(=O)N1CCc2sccc2[C@H]1C)c1ccccc1. The zero-order chi connectivity index (χ0) is 17.1. The van der Waals surface area contributed by atoms with Gasteiger partial charge in [-0.3, -0.25) is 9.59 Å². The van der Waals surface area contributed by atoms with Gasteiger partial charge in [-0.15, -0.1) is 11.3 Å². The molecule has 126 valence electrons. The molecule has 5 heteroatoms. The van der Waals surface area contributed by atoms with E-state index in [1.165, 1.54) is 17.4 Å². The molecule has 1 aromatic carbocycles. The summed E-state index contributed by atoms with van der Waals surface area (Å²) in [6, 6.07) is 11.6. The van der Waals surface area contributed by atoms with Crippen LogP contribution in [0.2, 0.25) is 0 Å². The third-order valence-corrected chi connectivity index (χ3v) is 5.55. The molecule has 3 rings (SSSR count). The van der Waals surface area contributed by atoms with Gasteiger partial charge in [-0.05, 0) is 35.9 Å². The van der Waals surface area contributed by atoms with Crippen molar-refractivity contribution in [2.45, 2.75) is 38.8 Å². The molecule has 2 amide bonds. The molecule has 1 aliphatic heterocycles. The van der Waals surface area contributed by atoms with Crippen LogP contribution in [0.15, 0.2) is 41.8 Å². The Morgan fingerprint density at radius 2 is 2.04 bits per heavy atom. The molecule has 0 radical (unpaired) electrons. The molecule has 24 heavy (non-hydrogen) atoms. The lowest BCUT2D eigenvalue weighted by Gasteiger charge is -2.34. The van der Waals surface area contributed by atoms with E-state index in [-0.39, 0.29) is 30.3 Å². The predicted molar refractivity (Wildman–Crippen MR) is 95.8 cm³/mol. The lowest BCUT2D eigenvalue weighted by Crippen LogP contribution is -2.40. The van der Waals surface area contributed by atoms with E-state index < -0.39 is 0 Å². The van der Waals surface area contributed by atoms with Gasteiger partial charge in [-0.1, -0.05) is 30.3 Å². The highest BCUT2D eigenvalue weighted by atomic mass is 32.1. The molecule has 2 atom stereocenters. The second kappa shape index (κ2) is 7.18. The van der Waals surface area contributed by atoms with E-state index in [9.17, 15) is 9.59 Å². The molecule has 1 aromatic heterocycles. The fourth-order valence-corrected chi connectivity index (χ4v) is 4.29. The topological polar surface area (TPSA) is 49.4 Å². The summed E-state index contributed by atoms with van der Waals surface area (Å²) in [5, 5.41) is 5.01. The Morgan fingerprint density at radius 3 is 2.75 bits per heavy atom. The predicted octanol–water partition coefficient (Wildman–Crippen LogP) is 3.46. The van der Waals surface area contributed by atoms with Crippen LogP contribution in [-0.2, 0) is 16.0 Å². The average molecular weight is 342 g/mol. The summed E-state index contributed by atoms with van der Waals surface area (Å²) >= 11 is 1.77. The highest BCUT2D eigenvalue weighted by molar-refractivity contribution is 7.10. The standard InChI is InChI=1S/C19H22N2O2S/c1-13-16-9-11-24-18(16)8-10-21(13)19(23)12-17(20-14(2)22)15-6-4-3-5-7-15/h3-7,9,11,13,17H,8,10,12H2,1-2H3,(H,20,22)/t13-,17+/m1/s1. The van der Waals surface area contributed by atoms with Crippen LogP contribution in [0.3, 0.4) is 0 Å². The summed E-state index contributed by atoms with van der Waals surface area (Å²) in [7, 11) is 0. The van der Waals surface area contributed by atoms with Crippen LogP contribution in [0.25, 0.3) is 0 Å². The maximum Gasteiger partial charge on any atom is 0.225 e. The normalized spacial score (nSPS) is 17.9. The van der Waals surface area contributed by atoms with Crippen LogP contribution >= 0.6 is 11.3 Å². The molecule has 1 N–H and O–H groups in total. The summed E-state index contributed by atoms with van der Waals surface area (Å²) in [6.45, 7) is 4.31. The van der Waals surface area contributed by atoms with E-state index >= 15 is 0 Å². The quantitative estimate of drug-likeness (QED) is 0.925. The minimum absolute atomic E-state index is 0.0851. The van der Waals surface area contributed by atoms with E-state index in [1.54, 1.807) is 11.3 Å². The molecule has 0 aliphatic carbocycles. The minimum atomic E-state index is -0.285. The smallest absolute Gasteiger partial charge is 0.225 e. The maximum atomic E-state index is 12.9.